The molecule has 1 aliphatic heterocycles. The molecule has 0 saturated carbocycles. The van der Waals surface area contributed by atoms with Crippen molar-refractivity contribution in [2.24, 2.45) is 0 Å². The zero-order chi connectivity index (χ0) is 19.6. The zero-order valence-corrected chi connectivity index (χ0v) is 15.4. The number of rotatable bonds is 6. The molecule has 7 heteroatoms. The predicted molar refractivity (Wildman–Crippen MR) is 105 cm³/mol. The first-order valence-corrected chi connectivity index (χ1v) is 8.72. The number of nitrogens with zero attached hydrogens (tertiary/aromatic N) is 2. The van der Waals surface area contributed by atoms with E-state index in [4.69, 9.17) is 5.73 Å². The monoisotopic (exact) mass is 366 g/mol. The van der Waals surface area contributed by atoms with Gasteiger partial charge in [0.1, 0.15) is 0 Å². The van der Waals surface area contributed by atoms with Crippen LogP contribution >= 0.6 is 0 Å². The van der Waals surface area contributed by atoms with E-state index in [0.717, 1.165) is 5.69 Å². The van der Waals surface area contributed by atoms with Crippen LogP contribution in [0.25, 0.3) is 0 Å². The van der Waals surface area contributed by atoms with Gasteiger partial charge in [0.05, 0.1) is 22.5 Å². The van der Waals surface area contributed by atoms with Crippen LogP contribution in [-0.4, -0.2) is 42.8 Å². The molecule has 7 nitrogen and oxygen atoms in total. The lowest BCUT2D eigenvalue weighted by Gasteiger charge is -2.22. The standard InChI is InChI=1S/C20H22N4O3/c1-13(25)22-18-12-14(8-9-17(18)21)23(2)10-5-11-24-19(26)15-6-3-4-7-16(15)20(24)27/h3-4,6-9,12H,5,10-11,21H2,1-2H3,(H,22,25). The maximum atomic E-state index is 12.4. The summed E-state index contributed by atoms with van der Waals surface area (Å²) in [5.74, 6) is -0.663. The molecule has 0 unspecified atom stereocenters. The van der Waals surface area contributed by atoms with Gasteiger partial charge in [0.15, 0.2) is 0 Å². The summed E-state index contributed by atoms with van der Waals surface area (Å²) in [5.41, 5.74) is 8.75. The Hall–Kier alpha value is -3.35. The van der Waals surface area contributed by atoms with Crippen molar-refractivity contribution in [2.45, 2.75) is 13.3 Å². The summed E-state index contributed by atoms with van der Waals surface area (Å²) >= 11 is 0. The number of anilines is 3. The fourth-order valence-corrected chi connectivity index (χ4v) is 3.12. The molecule has 3 N–H and O–H groups in total. The lowest BCUT2D eigenvalue weighted by atomic mass is 10.1. The highest BCUT2D eigenvalue weighted by Crippen LogP contribution is 2.26. The summed E-state index contributed by atoms with van der Waals surface area (Å²) < 4.78 is 0. The van der Waals surface area contributed by atoms with Crippen molar-refractivity contribution in [3.8, 4) is 0 Å². The second-order valence-electron chi connectivity index (χ2n) is 6.54. The second-order valence-corrected chi connectivity index (χ2v) is 6.54. The molecule has 2 aromatic rings. The van der Waals surface area contributed by atoms with E-state index < -0.39 is 0 Å². The topological polar surface area (TPSA) is 95.7 Å². The molecule has 0 aliphatic carbocycles. The van der Waals surface area contributed by atoms with Crippen molar-refractivity contribution < 1.29 is 14.4 Å². The van der Waals surface area contributed by atoms with E-state index in [1.165, 1.54) is 11.8 Å². The van der Waals surface area contributed by atoms with Crippen LogP contribution in [0.15, 0.2) is 42.5 Å². The van der Waals surface area contributed by atoms with Crippen LogP contribution in [0.2, 0.25) is 0 Å². The molecule has 0 bridgehead atoms. The van der Waals surface area contributed by atoms with Crippen LogP contribution in [0.4, 0.5) is 17.1 Å². The summed E-state index contributed by atoms with van der Waals surface area (Å²) in [6.45, 7) is 2.42. The minimum Gasteiger partial charge on any atom is -0.397 e. The van der Waals surface area contributed by atoms with Crippen molar-refractivity contribution in [3.05, 3.63) is 53.6 Å². The first-order valence-electron chi connectivity index (χ1n) is 8.72. The van der Waals surface area contributed by atoms with Crippen LogP contribution in [0.5, 0.6) is 0 Å². The third kappa shape index (κ3) is 3.76. The largest absolute Gasteiger partial charge is 0.397 e. The number of imide groups is 1. The van der Waals surface area contributed by atoms with Gasteiger partial charge in [-0.1, -0.05) is 12.1 Å². The number of carbonyl (C=O) groups is 3. The van der Waals surface area contributed by atoms with Crippen molar-refractivity contribution in [3.63, 3.8) is 0 Å². The Morgan fingerprint density at radius 2 is 1.74 bits per heavy atom. The van der Waals surface area contributed by atoms with Crippen LogP contribution in [-0.2, 0) is 4.79 Å². The van der Waals surface area contributed by atoms with E-state index >= 15 is 0 Å². The van der Waals surface area contributed by atoms with Gasteiger partial charge in [0.2, 0.25) is 5.91 Å². The molecule has 0 aromatic heterocycles. The molecule has 1 aliphatic rings. The molecule has 27 heavy (non-hydrogen) atoms. The number of fused-ring (bicyclic) bond motifs is 1. The van der Waals surface area contributed by atoms with Crippen LogP contribution in [0, 0.1) is 0 Å². The minimum absolute atomic E-state index is 0.188. The van der Waals surface area contributed by atoms with Crippen molar-refractivity contribution >= 4 is 34.8 Å². The third-order valence-corrected chi connectivity index (χ3v) is 4.54. The summed E-state index contributed by atoms with van der Waals surface area (Å²) in [6, 6.07) is 12.3. The molecule has 3 amide bonds. The predicted octanol–water partition coefficient (Wildman–Crippen LogP) is 2.35. The Kier molecular flexibility index (Phi) is 5.12. The molecule has 0 fully saturated rings. The normalized spacial score (nSPS) is 12.9. The summed E-state index contributed by atoms with van der Waals surface area (Å²) in [5, 5.41) is 2.70. The van der Waals surface area contributed by atoms with E-state index in [0.29, 0.717) is 42.0 Å². The molecule has 0 saturated heterocycles. The quantitative estimate of drug-likeness (QED) is 0.604. The van der Waals surface area contributed by atoms with Gasteiger partial charge in [-0.2, -0.15) is 0 Å². The molecular weight excluding hydrogens is 344 g/mol. The Bertz CT molecular complexity index is 875. The molecule has 0 spiro atoms. The Morgan fingerprint density at radius 3 is 2.33 bits per heavy atom. The molecule has 1 heterocycles. The van der Waals surface area contributed by atoms with Gasteiger partial charge in [-0.25, -0.2) is 0 Å². The highest BCUT2D eigenvalue weighted by Gasteiger charge is 2.34. The maximum Gasteiger partial charge on any atom is 0.261 e. The lowest BCUT2D eigenvalue weighted by Crippen LogP contribution is -2.33. The number of benzene rings is 2. The van der Waals surface area contributed by atoms with Gasteiger partial charge in [0, 0.05) is 32.7 Å². The Labute approximate surface area is 157 Å². The van der Waals surface area contributed by atoms with Crippen LogP contribution < -0.4 is 16.0 Å². The number of nitrogen functional groups attached to an aromatic ring is 1. The van der Waals surface area contributed by atoms with Gasteiger partial charge >= 0.3 is 0 Å². The molecular formula is C20H22N4O3. The third-order valence-electron chi connectivity index (χ3n) is 4.54. The summed E-state index contributed by atoms with van der Waals surface area (Å²) in [4.78, 5) is 39.3. The molecule has 0 radical (unpaired) electrons. The highest BCUT2D eigenvalue weighted by molar-refractivity contribution is 6.21. The average Bonchev–Trinajstić information content (AvgIpc) is 2.88. The van der Waals surface area contributed by atoms with Gasteiger partial charge < -0.3 is 16.0 Å². The van der Waals surface area contributed by atoms with Gasteiger partial charge in [-0.3, -0.25) is 19.3 Å². The number of nitrogens with one attached hydrogen (secondary N) is 1. The second kappa shape index (κ2) is 7.49. The molecule has 3 rings (SSSR count). The fraction of sp³-hybridized carbons (Fsp3) is 0.250. The smallest absolute Gasteiger partial charge is 0.261 e. The van der Waals surface area contributed by atoms with Gasteiger partial charge in [-0.05, 0) is 36.8 Å². The van der Waals surface area contributed by atoms with E-state index in [1.807, 2.05) is 18.0 Å². The SMILES string of the molecule is CC(=O)Nc1cc(N(C)CCCN2C(=O)c3ccccc3C2=O)ccc1N. The summed E-state index contributed by atoms with van der Waals surface area (Å²) in [6.07, 6.45) is 0.627. The van der Waals surface area contributed by atoms with Crippen molar-refractivity contribution in [1.29, 1.82) is 0 Å². The van der Waals surface area contributed by atoms with E-state index in [1.54, 1.807) is 36.4 Å². The summed E-state index contributed by atoms with van der Waals surface area (Å²) in [7, 11) is 1.91. The number of hydrogen-bond acceptors (Lipinski definition) is 5. The number of nitrogens with two attached hydrogens (primary N) is 1. The highest BCUT2D eigenvalue weighted by atomic mass is 16.2. The van der Waals surface area contributed by atoms with Crippen molar-refractivity contribution in [1.82, 2.24) is 4.90 Å². The Balaban J connectivity index is 1.61. The van der Waals surface area contributed by atoms with E-state index in [9.17, 15) is 14.4 Å². The number of hydrogen-bond donors (Lipinski definition) is 2. The first kappa shape index (κ1) is 18.4. The maximum absolute atomic E-state index is 12.4. The van der Waals surface area contributed by atoms with Crippen molar-refractivity contribution in [2.75, 3.05) is 36.1 Å². The molecule has 2 aromatic carbocycles. The number of carbonyl (C=O) groups excluding carboxylic acids is 3. The molecule has 140 valence electrons. The van der Waals surface area contributed by atoms with E-state index in [-0.39, 0.29) is 17.7 Å². The van der Waals surface area contributed by atoms with Gasteiger partial charge in [0.25, 0.3) is 11.8 Å². The first-order chi connectivity index (χ1) is 12.9. The Morgan fingerprint density at radius 1 is 1.11 bits per heavy atom. The van der Waals surface area contributed by atoms with Gasteiger partial charge in [-0.15, -0.1) is 0 Å². The van der Waals surface area contributed by atoms with Crippen LogP contribution in [0.3, 0.4) is 0 Å². The fourth-order valence-electron chi connectivity index (χ4n) is 3.12. The van der Waals surface area contributed by atoms with E-state index in [2.05, 4.69) is 5.32 Å². The number of amides is 3. The van der Waals surface area contributed by atoms with Crippen LogP contribution in [0.1, 0.15) is 34.1 Å². The zero-order valence-electron chi connectivity index (χ0n) is 15.4. The minimum atomic E-state index is -0.237. The average molecular weight is 366 g/mol. The lowest BCUT2D eigenvalue weighted by molar-refractivity contribution is -0.114. The molecule has 0 atom stereocenters.